The number of aryl methyl sites for hydroxylation is 1. The smallest absolute Gasteiger partial charge is 0.251 e. The summed E-state index contributed by atoms with van der Waals surface area (Å²) >= 11 is 0. The summed E-state index contributed by atoms with van der Waals surface area (Å²) in [6.45, 7) is 2.09. The van der Waals surface area contributed by atoms with Crippen LogP contribution >= 0.6 is 0 Å². The second-order valence-electron chi connectivity index (χ2n) is 6.24. The largest absolute Gasteiger partial charge is 0.349 e. The van der Waals surface area contributed by atoms with Crippen LogP contribution in [0.3, 0.4) is 0 Å². The Morgan fingerprint density at radius 2 is 1.72 bits per heavy atom. The minimum atomic E-state index is -0.181. The Balaban J connectivity index is 1.54. The Morgan fingerprint density at radius 1 is 1.04 bits per heavy atom. The molecule has 25 heavy (non-hydrogen) atoms. The number of rotatable bonds is 6. The van der Waals surface area contributed by atoms with Crippen molar-refractivity contribution in [1.29, 1.82) is 0 Å². The monoisotopic (exact) mass is 334 g/mol. The first-order valence-electron chi connectivity index (χ1n) is 8.63. The van der Waals surface area contributed by atoms with Crippen LogP contribution in [0.1, 0.15) is 41.3 Å². The van der Waals surface area contributed by atoms with Crippen molar-refractivity contribution in [2.24, 2.45) is 0 Å². The topological polar surface area (TPSA) is 58.2 Å². The van der Waals surface area contributed by atoms with Crippen LogP contribution in [0.25, 0.3) is 6.08 Å². The van der Waals surface area contributed by atoms with Gasteiger partial charge in [-0.3, -0.25) is 9.59 Å². The van der Waals surface area contributed by atoms with Crippen LogP contribution in [-0.2, 0) is 11.2 Å². The number of amides is 2. The Kier molecular flexibility index (Phi) is 5.29. The van der Waals surface area contributed by atoms with Crippen molar-refractivity contribution in [3.63, 3.8) is 0 Å². The van der Waals surface area contributed by atoms with E-state index >= 15 is 0 Å². The summed E-state index contributed by atoms with van der Waals surface area (Å²) in [6, 6.07) is 15.4. The van der Waals surface area contributed by atoms with Crippen molar-refractivity contribution in [2.45, 2.75) is 32.2 Å². The molecule has 0 atom stereocenters. The number of carbonyl (C=O) groups is 2. The SMILES string of the molecule is CCc1ccc(NC(=O)/C=C/c2ccc(C(=O)NC3CC3)cc2)cc1. The fourth-order valence-electron chi connectivity index (χ4n) is 2.42. The fourth-order valence-corrected chi connectivity index (χ4v) is 2.42. The summed E-state index contributed by atoms with van der Waals surface area (Å²) in [6.07, 6.45) is 6.35. The van der Waals surface area contributed by atoms with E-state index in [0.717, 1.165) is 30.5 Å². The van der Waals surface area contributed by atoms with E-state index in [2.05, 4.69) is 17.6 Å². The van der Waals surface area contributed by atoms with E-state index in [-0.39, 0.29) is 11.8 Å². The highest BCUT2D eigenvalue weighted by molar-refractivity contribution is 6.02. The maximum Gasteiger partial charge on any atom is 0.251 e. The minimum Gasteiger partial charge on any atom is -0.349 e. The predicted octanol–water partition coefficient (Wildman–Crippen LogP) is 3.79. The van der Waals surface area contributed by atoms with Crippen molar-refractivity contribution in [1.82, 2.24) is 5.32 Å². The molecule has 4 heteroatoms. The number of hydrogen-bond acceptors (Lipinski definition) is 2. The highest BCUT2D eigenvalue weighted by Gasteiger charge is 2.23. The lowest BCUT2D eigenvalue weighted by Crippen LogP contribution is -2.25. The van der Waals surface area contributed by atoms with E-state index in [1.807, 2.05) is 36.4 Å². The Hall–Kier alpha value is -2.88. The van der Waals surface area contributed by atoms with Crippen molar-refractivity contribution in [2.75, 3.05) is 5.32 Å². The van der Waals surface area contributed by atoms with Gasteiger partial charge >= 0.3 is 0 Å². The van der Waals surface area contributed by atoms with Gasteiger partial charge in [0.2, 0.25) is 5.91 Å². The number of benzene rings is 2. The summed E-state index contributed by atoms with van der Waals surface area (Å²) in [5.74, 6) is -0.217. The Labute approximate surface area is 148 Å². The Morgan fingerprint density at radius 3 is 2.32 bits per heavy atom. The standard InChI is InChI=1S/C21H22N2O2/c1-2-15-5-10-18(11-6-15)22-20(24)14-7-16-3-8-17(9-4-16)21(25)23-19-12-13-19/h3-11,14,19H,2,12-13H2,1H3,(H,22,24)(H,23,25)/b14-7+. The first-order chi connectivity index (χ1) is 12.1. The molecule has 1 fully saturated rings. The van der Waals surface area contributed by atoms with Crippen LogP contribution in [-0.4, -0.2) is 17.9 Å². The van der Waals surface area contributed by atoms with E-state index in [1.54, 1.807) is 18.2 Å². The molecule has 4 nitrogen and oxygen atoms in total. The Bertz CT molecular complexity index is 773. The highest BCUT2D eigenvalue weighted by atomic mass is 16.2. The molecule has 3 rings (SSSR count). The highest BCUT2D eigenvalue weighted by Crippen LogP contribution is 2.19. The third-order valence-corrected chi connectivity index (χ3v) is 4.14. The number of hydrogen-bond donors (Lipinski definition) is 2. The van der Waals surface area contributed by atoms with E-state index in [4.69, 9.17) is 0 Å². The van der Waals surface area contributed by atoms with Gasteiger partial charge in [-0.2, -0.15) is 0 Å². The summed E-state index contributed by atoms with van der Waals surface area (Å²) in [5, 5.41) is 5.79. The van der Waals surface area contributed by atoms with E-state index in [0.29, 0.717) is 11.6 Å². The van der Waals surface area contributed by atoms with Gasteiger partial charge in [-0.05, 0) is 60.7 Å². The van der Waals surface area contributed by atoms with Crippen LogP contribution in [0.15, 0.2) is 54.6 Å². The molecule has 0 aromatic heterocycles. The van der Waals surface area contributed by atoms with Gasteiger partial charge < -0.3 is 10.6 Å². The van der Waals surface area contributed by atoms with Gasteiger partial charge in [0.25, 0.3) is 5.91 Å². The van der Waals surface area contributed by atoms with Gasteiger partial charge in [0.15, 0.2) is 0 Å². The van der Waals surface area contributed by atoms with Crippen LogP contribution in [0, 0.1) is 0 Å². The third-order valence-electron chi connectivity index (χ3n) is 4.14. The van der Waals surface area contributed by atoms with Gasteiger partial charge in [0.1, 0.15) is 0 Å². The third kappa shape index (κ3) is 5.05. The zero-order chi connectivity index (χ0) is 17.6. The molecular formula is C21H22N2O2. The van der Waals surface area contributed by atoms with Gasteiger partial charge in [0, 0.05) is 23.4 Å². The summed E-state index contributed by atoms with van der Waals surface area (Å²) in [5.41, 5.74) is 3.53. The molecule has 1 aliphatic rings. The van der Waals surface area contributed by atoms with E-state index in [1.165, 1.54) is 11.6 Å². The molecule has 2 N–H and O–H groups in total. The molecule has 2 aromatic rings. The molecule has 0 spiro atoms. The number of anilines is 1. The lowest BCUT2D eigenvalue weighted by Gasteiger charge is -2.04. The number of nitrogens with one attached hydrogen (secondary N) is 2. The molecule has 128 valence electrons. The zero-order valence-corrected chi connectivity index (χ0v) is 14.3. The molecule has 0 aliphatic heterocycles. The van der Waals surface area contributed by atoms with Gasteiger partial charge in [-0.1, -0.05) is 31.2 Å². The van der Waals surface area contributed by atoms with E-state index in [9.17, 15) is 9.59 Å². The fraction of sp³-hybridized carbons (Fsp3) is 0.238. The van der Waals surface area contributed by atoms with Crippen molar-refractivity contribution >= 4 is 23.6 Å². The molecular weight excluding hydrogens is 312 g/mol. The maximum absolute atomic E-state index is 12.0. The quantitative estimate of drug-likeness (QED) is 0.790. The van der Waals surface area contributed by atoms with Crippen LogP contribution < -0.4 is 10.6 Å². The van der Waals surface area contributed by atoms with Crippen molar-refractivity contribution in [3.05, 3.63) is 71.3 Å². The molecule has 1 saturated carbocycles. The minimum absolute atomic E-state index is 0.0358. The van der Waals surface area contributed by atoms with Crippen LogP contribution in [0.2, 0.25) is 0 Å². The summed E-state index contributed by atoms with van der Waals surface area (Å²) in [7, 11) is 0. The molecule has 0 heterocycles. The van der Waals surface area contributed by atoms with Crippen molar-refractivity contribution < 1.29 is 9.59 Å². The summed E-state index contributed by atoms with van der Waals surface area (Å²) in [4.78, 5) is 23.9. The number of carbonyl (C=O) groups excluding carboxylic acids is 2. The second-order valence-corrected chi connectivity index (χ2v) is 6.24. The normalized spacial score (nSPS) is 13.6. The van der Waals surface area contributed by atoms with Gasteiger partial charge in [-0.25, -0.2) is 0 Å². The summed E-state index contributed by atoms with van der Waals surface area (Å²) < 4.78 is 0. The maximum atomic E-state index is 12.0. The molecule has 0 unspecified atom stereocenters. The van der Waals surface area contributed by atoms with Crippen LogP contribution in [0.4, 0.5) is 5.69 Å². The molecule has 1 aliphatic carbocycles. The zero-order valence-electron chi connectivity index (χ0n) is 14.3. The van der Waals surface area contributed by atoms with E-state index < -0.39 is 0 Å². The average Bonchev–Trinajstić information content (AvgIpc) is 3.45. The van der Waals surface area contributed by atoms with Gasteiger partial charge in [0.05, 0.1) is 0 Å². The lowest BCUT2D eigenvalue weighted by atomic mass is 10.1. The first kappa shape index (κ1) is 17.0. The van der Waals surface area contributed by atoms with Crippen molar-refractivity contribution in [3.8, 4) is 0 Å². The van der Waals surface area contributed by atoms with Gasteiger partial charge in [-0.15, -0.1) is 0 Å². The molecule has 0 radical (unpaired) electrons. The first-order valence-corrected chi connectivity index (χ1v) is 8.63. The molecule has 2 amide bonds. The molecule has 2 aromatic carbocycles. The van der Waals surface area contributed by atoms with Crippen LogP contribution in [0.5, 0.6) is 0 Å². The molecule has 0 bridgehead atoms. The predicted molar refractivity (Wildman–Crippen MR) is 100 cm³/mol. The second kappa shape index (κ2) is 7.79. The lowest BCUT2D eigenvalue weighted by molar-refractivity contribution is -0.111. The average molecular weight is 334 g/mol. The molecule has 0 saturated heterocycles.